The predicted molar refractivity (Wildman–Crippen MR) is 72.0 cm³/mol. The van der Waals surface area contributed by atoms with E-state index in [4.69, 9.17) is 0 Å². The Hall–Kier alpha value is 0.450. The molecule has 0 bridgehead atoms. The molecule has 0 saturated carbocycles. The van der Waals surface area contributed by atoms with Gasteiger partial charge in [-0.05, 0) is 35.1 Å². The molecule has 1 atom stereocenters. The number of piperazine rings is 1. The number of thiophene rings is 1. The SMILES string of the molecule is CN1CCNC(CSc2ccc(Br)s2)C1. The third kappa shape index (κ3) is 3.75. The van der Waals surface area contributed by atoms with Gasteiger partial charge in [-0.25, -0.2) is 0 Å². The first-order valence-corrected chi connectivity index (χ1v) is 7.63. The quantitative estimate of drug-likeness (QED) is 0.864. The lowest BCUT2D eigenvalue weighted by molar-refractivity contribution is 0.250. The minimum atomic E-state index is 0.634. The average molecular weight is 307 g/mol. The van der Waals surface area contributed by atoms with Crippen LogP contribution in [0.25, 0.3) is 0 Å². The Morgan fingerprint density at radius 2 is 2.53 bits per heavy atom. The van der Waals surface area contributed by atoms with Gasteiger partial charge >= 0.3 is 0 Å². The maximum absolute atomic E-state index is 3.56. The van der Waals surface area contributed by atoms with Gasteiger partial charge in [-0.15, -0.1) is 23.1 Å². The Balaban J connectivity index is 1.77. The highest BCUT2D eigenvalue weighted by atomic mass is 79.9. The van der Waals surface area contributed by atoms with Gasteiger partial charge in [-0.1, -0.05) is 0 Å². The summed E-state index contributed by atoms with van der Waals surface area (Å²) in [7, 11) is 2.19. The maximum atomic E-state index is 3.56. The normalized spacial score (nSPS) is 23.2. The highest BCUT2D eigenvalue weighted by Crippen LogP contribution is 2.30. The molecule has 1 N–H and O–H groups in total. The molecule has 0 amide bonds. The number of thioether (sulfide) groups is 1. The number of nitrogens with one attached hydrogen (secondary N) is 1. The fourth-order valence-corrected chi connectivity index (χ4v) is 4.56. The summed E-state index contributed by atoms with van der Waals surface area (Å²) in [5.41, 5.74) is 0. The van der Waals surface area contributed by atoms with Crippen molar-refractivity contribution in [3.8, 4) is 0 Å². The van der Waals surface area contributed by atoms with Gasteiger partial charge in [0.15, 0.2) is 0 Å². The van der Waals surface area contributed by atoms with E-state index in [9.17, 15) is 0 Å². The topological polar surface area (TPSA) is 15.3 Å². The molecule has 1 aliphatic rings. The third-order valence-corrected chi connectivity index (χ3v) is 5.45. The molecule has 1 fully saturated rings. The molecule has 0 aromatic carbocycles. The Morgan fingerprint density at radius 1 is 1.67 bits per heavy atom. The van der Waals surface area contributed by atoms with Crippen molar-refractivity contribution >= 4 is 39.0 Å². The molecule has 1 saturated heterocycles. The van der Waals surface area contributed by atoms with E-state index in [-0.39, 0.29) is 0 Å². The van der Waals surface area contributed by atoms with Crippen molar-refractivity contribution in [1.82, 2.24) is 10.2 Å². The van der Waals surface area contributed by atoms with E-state index >= 15 is 0 Å². The third-order valence-electron chi connectivity index (χ3n) is 2.43. The molecule has 84 valence electrons. The van der Waals surface area contributed by atoms with Gasteiger partial charge < -0.3 is 10.2 Å². The number of halogens is 1. The molecule has 0 spiro atoms. The van der Waals surface area contributed by atoms with Gasteiger partial charge in [0.2, 0.25) is 0 Å². The van der Waals surface area contributed by atoms with Gasteiger partial charge in [0.1, 0.15) is 0 Å². The molecule has 0 radical (unpaired) electrons. The van der Waals surface area contributed by atoms with Gasteiger partial charge in [0.25, 0.3) is 0 Å². The maximum Gasteiger partial charge on any atom is 0.0710 e. The van der Waals surface area contributed by atoms with E-state index in [2.05, 4.69) is 45.3 Å². The van der Waals surface area contributed by atoms with Gasteiger partial charge in [-0.2, -0.15) is 0 Å². The summed E-state index contributed by atoms with van der Waals surface area (Å²) in [5, 5.41) is 3.56. The molecular formula is C10H15BrN2S2. The van der Waals surface area contributed by atoms with Crippen LogP contribution in [0.4, 0.5) is 0 Å². The van der Waals surface area contributed by atoms with Crippen molar-refractivity contribution in [2.24, 2.45) is 0 Å². The van der Waals surface area contributed by atoms with E-state index in [1.54, 1.807) is 0 Å². The summed E-state index contributed by atoms with van der Waals surface area (Å²) in [5.74, 6) is 1.16. The highest BCUT2D eigenvalue weighted by Gasteiger charge is 2.16. The first kappa shape index (κ1) is 11.9. The van der Waals surface area contributed by atoms with Crippen molar-refractivity contribution in [3.05, 3.63) is 15.9 Å². The first-order valence-electron chi connectivity index (χ1n) is 5.04. The van der Waals surface area contributed by atoms with Crippen molar-refractivity contribution in [2.45, 2.75) is 10.3 Å². The summed E-state index contributed by atoms with van der Waals surface area (Å²) in [6.07, 6.45) is 0. The second-order valence-corrected chi connectivity index (χ2v) is 7.57. The predicted octanol–water partition coefficient (Wildman–Crippen LogP) is 2.51. The minimum Gasteiger partial charge on any atom is -0.311 e. The van der Waals surface area contributed by atoms with E-state index in [1.165, 1.54) is 21.1 Å². The monoisotopic (exact) mass is 306 g/mol. The van der Waals surface area contributed by atoms with E-state index in [0.717, 1.165) is 12.3 Å². The molecule has 1 aliphatic heterocycles. The Labute approximate surface area is 108 Å². The first-order chi connectivity index (χ1) is 7.24. The van der Waals surface area contributed by atoms with Crippen LogP contribution in [0, 0.1) is 0 Å². The fraction of sp³-hybridized carbons (Fsp3) is 0.600. The Kier molecular flexibility index (Phi) is 4.52. The lowest BCUT2D eigenvalue weighted by Crippen LogP contribution is -2.50. The summed E-state index contributed by atoms with van der Waals surface area (Å²) >= 11 is 7.25. The number of rotatable bonds is 3. The highest BCUT2D eigenvalue weighted by molar-refractivity contribution is 9.11. The standard InChI is InChI=1S/C10H15BrN2S2/c1-13-5-4-12-8(6-13)7-14-10-3-2-9(11)15-10/h2-3,8,12H,4-7H2,1H3. The van der Waals surface area contributed by atoms with Crippen LogP contribution >= 0.6 is 39.0 Å². The summed E-state index contributed by atoms with van der Waals surface area (Å²) in [6, 6.07) is 4.94. The van der Waals surface area contributed by atoms with Crippen molar-refractivity contribution in [3.63, 3.8) is 0 Å². The molecule has 1 aromatic rings. The Morgan fingerprint density at radius 3 is 3.20 bits per heavy atom. The smallest absolute Gasteiger partial charge is 0.0710 e. The van der Waals surface area contributed by atoms with E-state index in [0.29, 0.717) is 6.04 Å². The fourth-order valence-electron chi connectivity index (χ4n) is 1.66. The molecule has 5 heteroatoms. The molecule has 2 rings (SSSR count). The minimum absolute atomic E-state index is 0.634. The van der Waals surface area contributed by atoms with Crippen LogP contribution in [0.15, 0.2) is 20.1 Å². The van der Waals surface area contributed by atoms with Crippen LogP contribution in [0.5, 0.6) is 0 Å². The molecule has 15 heavy (non-hydrogen) atoms. The lowest BCUT2D eigenvalue weighted by atomic mass is 10.2. The van der Waals surface area contributed by atoms with Gasteiger partial charge in [-0.3, -0.25) is 0 Å². The number of likely N-dealkylation sites (N-methyl/N-ethyl adjacent to an activating group) is 1. The molecule has 0 aliphatic carbocycles. The summed E-state index contributed by atoms with van der Waals surface area (Å²) in [4.78, 5) is 2.39. The van der Waals surface area contributed by atoms with Crippen molar-refractivity contribution < 1.29 is 0 Å². The van der Waals surface area contributed by atoms with Crippen LogP contribution in [-0.4, -0.2) is 43.4 Å². The number of nitrogens with zero attached hydrogens (tertiary/aromatic N) is 1. The molecular weight excluding hydrogens is 292 g/mol. The zero-order chi connectivity index (χ0) is 10.7. The molecule has 2 nitrogen and oxygen atoms in total. The zero-order valence-electron chi connectivity index (χ0n) is 8.70. The number of hydrogen-bond donors (Lipinski definition) is 1. The van der Waals surface area contributed by atoms with Crippen LogP contribution in [0.2, 0.25) is 0 Å². The van der Waals surface area contributed by atoms with Crippen LogP contribution < -0.4 is 5.32 Å². The van der Waals surface area contributed by atoms with Gasteiger partial charge in [0.05, 0.1) is 8.00 Å². The van der Waals surface area contributed by atoms with E-state index < -0.39 is 0 Å². The Bertz CT molecular complexity index is 316. The second kappa shape index (κ2) is 5.68. The van der Waals surface area contributed by atoms with Crippen LogP contribution in [0.3, 0.4) is 0 Å². The van der Waals surface area contributed by atoms with Crippen molar-refractivity contribution in [2.75, 3.05) is 32.4 Å². The molecule has 1 aromatic heterocycles. The summed E-state index contributed by atoms with van der Waals surface area (Å²) < 4.78 is 2.62. The molecule has 2 heterocycles. The van der Waals surface area contributed by atoms with E-state index in [1.807, 2.05) is 23.1 Å². The average Bonchev–Trinajstić information content (AvgIpc) is 2.62. The molecule has 1 unspecified atom stereocenters. The largest absolute Gasteiger partial charge is 0.311 e. The number of hydrogen-bond acceptors (Lipinski definition) is 4. The van der Waals surface area contributed by atoms with Crippen LogP contribution in [-0.2, 0) is 0 Å². The zero-order valence-corrected chi connectivity index (χ0v) is 11.9. The summed E-state index contributed by atoms with van der Waals surface area (Å²) in [6.45, 7) is 3.46. The van der Waals surface area contributed by atoms with Crippen molar-refractivity contribution in [1.29, 1.82) is 0 Å². The van der Waals surface area contributed by atoms with Gasteiger partial charge in [0, 0.05) is 31.4 Å². The lowest BCUT2D eigenvalue weighted by Gasteiger charge is -2.30. The van der Waals surface area contributed by atoms with Crippen LogP contribution in [0.1, 0.15) is 0 Å². The second-order valence-electron chi connectivity index (χ2n) is 3.78.